The quantitative estimate of drug-likeness (QED) is 0.755. The van der Waals surface area contributed by atoms with Crippen LogP contribution in [0.5, 0.6) is 0 Å². The molecule has 0 amide bonds. The Morgan fingerprint density at radius 3 is 2.50 bits per heavy atom. The lowest BCUT2D eigenvalue weighted by molar-refractivity contribution is -0.205. The Hall–Kier alpha value is -1.04. The highest BCUT2D eigenvalue weighted by atomic mass is 79.9. The van der Waals surface area contributed by atoms with Gasteiger partial charge >= 0.3 is 0 Å². The number of nitrogens with zero attached hydrogens (tertiary/aromatic N) is 1. The van der Waals surface area contributed by atoms with Gasteiger partial charge in [0.15, 0.2) is 5.54 Å². The Balaban J connectivity index is 2.23. The van der Waals surface area contributed by atoms with Crippen LogP contribution in [0.4, 0.5) is 13.2 Å². The van der Waals surface area contributed by atoms with Gasteiger partial charge < -0.3 is 5.73 Å². The molecular formula is C16H18BrF3N2. The van der Waals surface area contributed by atoms with Gasteiger partial charge in [-0.1, -0.05) is 22.4 Å². The number of halogens is 4. The van der Waals surface area contributed by atoms with Crippen molar-refractivity contribution in [3.05, 3.63) is 34.1 Å². The molecule has 1 aromatic carbocycles. The lowest BCUT2D eigenvalue weighted by Crippen LogP contribution is -2.56. The van der Waals surface area contributed by atoms with E-state index in [1.807, 2.05) is 0 Å². The van der Waals surface area contributed by atoms with Crippen LogP contribution in [0, 0.1) is 11.2 Å². The van der Waals surface area contributed by atoms with Crippen molar-refractivity contribution in [1.29, 1.82) is 0 Å². The first-order valence-corrected chi connectivity index (χ1v) is 8.19. The molecule has 1 unspecified atom stereocenters. The minimum atomic E-state index is -3.15. The number of hydrogen-bond donors (Lipinski definition) is 1. The number of alkyl halides is 2. The summed E-state index contributed by atoms with van der Waals surface area (Å²) in [4.78, 5) is 4.09. The van der Waals surface area contributed by atoms with Crippen molar-refractivity contribution >= 4 is 21.8 Å². The van der Waals surface area contributed by atoms with Gasteiger partial charge in [0.05, 0.1) is 5.84 Å². The van der Waals surface area contributed by atoms with Crippen LogP contribution in [0.25, 0.3) is 0 Å². The average molecular weight is 375 g/mol. The third kappa shape index (κ3) is 2.02. The summed E-state index contributed by atoms with van der Waals surface area (Å²) in [5.41, 5.74) is 2.62. The summed E-state index contributed by atoms with van der Waals surface area (Å²) in [5.74, 6) is -3.66. The zero-order chi connectivity index (χ0) is 16.2. The van der Waals surface area contributed by atoms with Crippen molar-refractivity contribution in [2.75, 3.05) is 0 Å². The maximum atomic E-state index is 15.4. The summed E-state index contributed by atoms with van der Waals surface area (Å²) >= 11 is 3.23. The van der Waals surface area contributed by atoms with E-state index in [-0.39, 0.29) is 11.4 Å². The van der Waals surface area contributed by atoms with E-state index in [9.17, 15) is 4.39 Å². The van der Waals surface area contributed by atoms with Crippen molar-refractivity contribution < 1.29 is 13.2 Å². The van der Waals surface area contributed by atoms with Gasteiger partial charge in [0.2, 0.25) is 0 Å². The molecule has 0 saturated heterocycles. The van der Waals surface area contributed by atoms with Crippen LogP contribution >= 0.6 is 15.9 Å². The van der Waals surface area contributed by atoms with Crippen LogP contribution in [0.1, 0.15) is 44.6 Å². The molecular weight excluding hydrogens is 357 g/mol. The lowest BCUT2D eigenvalue weighted by atomic mass is 9.57. The summed E-state index contributed by atoms with van der Waals surface area (Å²) in [6.45, 7) is 1.30. The second kappa shape index (κ2) is 4.98. The smallest absolute Gasteiger partial charge is 0.282 e. The van der Waals surface area contributed by atoms with Gasteiger partial charge in [-0.3, -0.25) is 4.99 Å². The Kier molecular flexibility index (Phi) is 3.59. The van der Waals surface area contributed by atoms with Crippen LogP contribution in [0.2, 0.25) is 0 Å². The molecule has 6 heteroatoms. The summed E-state index contributed by atoms with van der Waals surface area (Å²) in [7, 11) is 0. The lowest BCUT2D eigenvalue weighted by Gasteiger charge is -2.51. The predicted octanol–water partition coefficient (Wildman–Crippen LogP) is 4.76. The first-order valence-electron chi connectivity index (χ1n) is 7.39. The largest absolute Gasteiger partial charge is 0.387 e. The summed E-state index contributed by atoms with van der Waals surface area (Å²) in [5, 5.41) is 0. The molecule has 1 atom stereocenters. The van der Waals surface area contributed by atoms with E-state index < -0.39 is 22.7 Å². The predicted molar refractivity (Wildman–Crippen MR) is 83.5 cm³/mol. The van der Waals surface area contributed by atoms with E-state index in [4.69, 9.17) is 5.73 Å². The summed E-state index contributed by atoms with van der Waals surface area (Å²) in [6, 6.07) is 4.06. The molecule has 2 N–H and O–H groups in total. The fraction of sp³-hybridized carbons (Fsp3) is 0.562. The molecule has 1 aliphatic heterocycles. The molecule has 1 heterocycles. The zero-order valence-corrected chi connectivity index (χ0v) is 13.9. The second-order valence-electron chi connectivity index (χ2n) is 6.51. The molecule has 0 bridgehead atoms. The minimum Gasteiger partial charge on any atom is -0.387 e. The highest BCUT2D eigenvalue weighted by molar-refractivity contribution is 9.10. The topological polar surface area (TPSA) is 38.4 Å². The standard InChI is InChI=1S/C16H18BrF3N2/c1-14(11-9-10(17)3-4-12(11)18)16(19,20)15(6-2-7-15)8-5-13(21)22-14/h3-4,9H,2,5-8H2,1H3,(H2,21,22). The van der Waals surface area contributed by atoms with Crippen LogP contribution in [-0.2, 0) is 5.54 Å². The first kappa shape index (κ1) is 15.8. The van der Waals surface area contributed by atoms with Gasteiger partial charge in [0, 0.05) is 21.9 Å². The average Bonchev–Trinajstić information content (AvgIpc) is 2.46. The first-order chi connectivity index (χ1) is 10.2. The molecule has 22 heavy (non-hydrogen) atoms. The van der Waals surface area contributed by atoms with Gasteiger partial charge in [0.25, 0.3) is 5.92 Å². The van der Waals surface area contributed by atoms with Crippen molar-refractivity contribution in [3.8, 4) is 0 Å². The molecule has 2 nitrogen and oxygen atoms in total. The van der Waals surface area contributed by atoms with Gasteiger partial charge in [-0.15, -0.1) is 0 Å². The molecule has 0 aromatic heterocycles. The van der Waals surface area contributed by atoms with E-state index in [0.717, 1.165) is 6.42 Å². The SMILES string of the molecule is CC1(c2cc(Br)ccc2F)N=C(N)CCC2(CCC2)C1(F)F. The van der Waals surface area contributed by atoms with E-state index in [1.165, 1.54) is 25.1 Å². The number of rotatable bonds is 1. The van der Waals surface area contributed by atoms with E-state index >= 15 is 8.78 Å². The second-order valence-corrected chi connectivity index (χ2v) is 7.42. The molecule has 3 rings (SSSR count). The van der Waals surface area contributed by atoms with Gasteiger partial charge in [-0.05, 0) is 44.4 Å². The number of nitrogens with two attached hydrogens (primary N) is 1. The number of aliphatic imine (C=N–C) groups is 1. The van der Waals surface area contributed by atoms with Crippen molar-refractivity contribution in [3.63, 3.8) is 0 Å². The maximum Gasteiger partial charge on any atom is 0.282 e. The number of benzene rings is 1. The highest BCUT2D eigenvalue weighted by Gasteiger charge is 2.67. The zero-order valence-electron chi connectivity index (χ0n) is 12.3. The van der Waals surface area contributed by atoms with Crippen LogP contribution in [0.15, 0.2) is 27.7 Å². The minimum absolute atomic E-state index is 0.108. The summed E-state index contributed by atoms with van der Waals surface area (Å²) in [6.07, 6.45) is 2.29. The van der Waals surface area contributed by atoms with E-state index in [1.54, 1.807) is 0 Å². The Labute approximate surface area is 136 Å². The van der Waals surface area contributed by atoms with Crippen molar-refractivity contribution in [2.45, 2.75) is 50.5 Å². The van der Waals surface area contributed by atoms with Gasteiger partial charge in [-0.25, -0.2) is 13.2 Å². The number of amidine groups is 1. The highest BCUT2D eigenvalue weighted by Crippen LogP contribution is 2.63. The third-order valence-electron chi connectivity index (χ3n) is 5.27. The van der Waals surface area contributed by atoms with Crippen molar-refractivity contribution in [1.82, 2.24) is 0 Å². The van der Waals surface area contributed by atoms with Crippen LogP contribution in [0.3, 0.4) is 0 Å². The molecule has 1 fully saturated rings. The third-order valence-corrected chi connectivity index (χ3v) is 5.76. The van der Waals surface area contributed by atoms with Crippen molar-refractivity contribution in [2.24, 2.45) is 16.1 Å². The van der Waals surface area contributed by atoms with Gasteiger partial charge in [-0.2, -0.15) is 0 Å². The van der Waals surface area contributed by atoms with Crippen LogP contribution in [-0.4, -0.2) is 11.8 Å². The molecule has 1 spiro atoms. The van der Waals surface area contributed by atoms with Crippen LogP contribution < -0.4 is 5.73 Å². The molecule has 1 aliphatic carbocycles. The molecule has 1 aromatic rings. The monoisotopic (exact) mass is 374 g/mol. The number of hydrogen-bond acceptors (Lipinski definition) is 2. The molecule has 120 valence electrons. The summed E-state index contributed by atoms with van der Waals surface area (Å²) < 4.78 is 45.7. The Morgan fingerprint density at radius 1 is 1.23 bits per heavy atom. The fourth-order valence-corrected chi connectivity index (χ4v) is 4.08. The Bertz CT molecular complexity index is 640. The molecule has 2 aliphatic rings. The molecule has 1 saturated carbocycles. The fourth-order valence-electron chi connectivity index (χ4n) is 3.72. The maximum absolute atomic E-state index is 15.4. The van der Waals surface area contributed by atoms with Gasteiger partial charge in [0.1, 0.15) is 5.82 Å². The van der Waals surface area contributed by atoms with E-state index in [0.29, 0.717) is 30.2 Å². The molecule has 0 radical (unpaired) electrons. The Morgan fingerprint density at radius 2 is 1.91 bits per heavy atom. The van der Waals surface area contributed by atoms with E-state index in [2.05, 4.69) is 20.9 Å². The normalized spacial score (nSPS) is 29.6.